The molecule has 5 nitrogen and oxygen atoms in total. The molecule has 5 heteroatoms. The number of amides is 1. The number of hydrogen-bond donors (Lipinski definition) is 1. The van der Waals surface area contributed by atoms with Crippen LogP contribution in [0.5, 0.6) is 0 Å². The minimum absolute atomic E-state index is 0.0689. The van der Waals surface area contributed by atoms with E-state index >= 15 is 0 Å². The molecule has 0 radical (unpaired) electrons. The second-order valence-corrected chi connectivity index (χ2v) is 4.92. The Kier molecular flexibility index (Phi) is 4.87. The summed E-state index contributed by atoms with van der Waals surface area (Å²) in [4.78, 5) is 18.0. The zero-order valence-electron chi connectivity index (χ0n) is 11.9. The van der Waals surface area contributed by atoms with Crippen LogP contribution in [0.15, 0.2) is 36.9 Å². The van der Waals surface area contributed by atoms with Crippen molar-refractivity contribution in [3.63, 3.8) is 0 Å². The summed E-state index contributed by atoms with van der Waals surface area (Å²) in [6, 6.07) is 3.96. The lowest BCUT2D eigenvalue weighted by Crippen LogP contribution is -2.29. The Balaban J connectivity index is 1.82. The second-order valence-electron chi connectivity index (χ2n) is 4.92. The number of carbonyl (C=O) groups is 1. The highest BCUT2D eigenvalue weighted by Gasteiger charge is 2.16. The lowest BCUT2D eigenvalue weighted by atomic mass is 10.1. The van der Waals surface area contributed by atoms with Crippen LogP contribution in [0.4, 0.5) is 0 Å². The molecule has 1 N–H and O–H groups in total. The highest BCUT2D eigenvalue weighted by Crippen LogP contribution is 2.18. The first-order valence-corrected chi connectivity index (χ1v) is 6.81. The summed E-state index contributed by atoms with van der Waals surface area (Å²) < 4.78 is 0. The molecule has 0 aromatic carbocycles. The van der Waals surface area contributed by atoms with Gasteiger partial charge in [-0.05, 0) is 43.0 Å². The molecule has 0 saturated heterocycles. The summed E-state index contributed by atoms with van der Waals surface area (Å²) in [5, 5.41) is 6.68. The Hall–Kier alpha value is -2.17. The third-order valence-electron chi connectivity index (χ3n) is 3.57. The van der Waals surface area contributed by atoms with E-state index in [0.717, 1.165) is 24.0 Å². The minimum atomic E-state index is 0.0689. The van der Waals surface area contributed by atoms with E-state index in [4.69, 9.17) is 0 Å². The number of aromatic amines is 1. The average Bonchev–Trinajstić information content (AvgIpc) is 2.99. The van der Waals surface area contributed by atoms with Crippen molar-refractivity contribution < 1.29 is 4.79 Å². The van der Waals surface area contributed by atoms with E-state index in [1.807, 2.05) is 32.3 Å². The Morgan fingerprint density at radius 1 is 1.40 bits per heavy atom. The molecule has 2 rings (SSSR count). The van der Waals surface area contributed by atoms with Gasteiger partial charge in [-0.15, -0.1) is 0 Å². The fraction of sp³-hybridized carbons (Fsp3) is 0.400. The zero-order valence-corrected chi connectivity index (χ0v) is 11.9. The summed E-state index contributed by atoms with van der Waals surface area (Å²) in [5.41, 5.74) is 2.24. The summed E-state index contributed by atoms with van der Waals surface area (Å²) in [5.74, 6) is 0.165. The number of nitrogens with one attached hydrogen (secondary N) is 1. The first-order valence-electron chi connectivity index (χ1n) is 6.81. The smallest absolute Gasteiger partial charge is 0.222 e. The molecule has 0 aliphatic rings. The van der Waals surface area contributed by atoms with Gasteiger partial charge in [-0.3, -0.25) is 14.9 Å². The van der Waals surface area contributed by atoms with E-state index in [2.05, 4.69) is 15.2 Å². The topological polar surface area (TPSA) is 61.9 Å². The maximum atomic E-state index is 12.2. The highest BCUT2D eigenvalue weighted by atomic mass is 16.2. The summed E-state index contributed by atoms with van der Waals surface area (Å²) >= 11 is 0. The third-order valence-corrected chi connectivity index (χ3v) is 3.57. The van der Waals surface area contributed by atoms with E-state index in [1.54, 1.807) is 23.5 Å². The first-order chi connectivity index (χ1) is 9.68. The van der Waals surface area contributed by atoms with Crippen molar-refractivity contribution in [2.24, 2.45) is 0 Å². The molecule has 0 spiro atoms. The zero-order chi connectivity index (χ0) is 14.4. The monoisotopic (exact) mass is 272 g/mol. The van der Waals surface area contributed by atoms with Crippen LogP contribution in [-0.2, 0) is 11.2 Å². The molecular weight excluding hydrogens is 252 g/mol. The molecule has 20 heavy (non-hydrogen) atoms. The quantitative estimate of drug-likeness (QED) is 0.878. The van der Waals surface area contributed by atoms with Gasteiger partial charge in [-0.1, -0.05) is 0 Å². The van der Waals surface area contributed by atoms with Crippen LogP contribution < -0.4 is 0 Å². The number of hydrogen-bond acceptors (Lipinski definition) is 3. The van der Waals surface area contributed by atoms with Gasteiger partial charge in [0.15, 0.2) is 0 Å². The number of H-pyrrole nitrogens is 1. The SMILES string of the molecule is CC(c1ccncc1)N(C)C(=O)CCCc1cn[nH]c1. The Bertz CT molecular complexity index is 524. The fourth-order valence-electron chi connectivity index (χ4n) is 2.12. The largest absolute Gasteiger partial charge is 0.339 e. The molecule has 0 aliphatic carbocycles. The van der Waals surface area contributed by atoms with Crippen molar-refractivity contribution in [2.45, 2.75) is 32.2 Å². The van der Waals surface area contributed by atoms with Crippen molar-refractivity contribution in [3.05, 3.63) is 48.0 Å². The third kappa shape index (κ3) is 3.66. The lowest BCUT2D eigenvalue weighted by Gasteiger charge is -2.25. The first kappa shape index (κ1) is 14.2. The predicted octanol–water partition coefficient (Wildman–Crippen LogP) is 2.35. The van der Waals surface area contributed by atoms with E-state index in [0.29, 0.717) is 6.42 Å². The van der Waals surface area contributed by atoms with Crippen LogP contribution >= 0.6 is 0 Å². The molecule has 1 unspecified atom stereocenters. The fourth-order valence-corrected chi connectivity index (χ4v) is 2.12. The van der Waals surface area contributed by atoms with Crippen LogP contribution in [0.2, 0.25) is 0 Å². The van der Waals surface area contributed by atoms with Gasteiger partial charge in [-0.25, -0.2) is 0 Å². The Labute approximate surface area is 119 Å². The van der Waals surface area contributed by atoms with Crippen LogP contribution in [-0.4, -0.2) is 33.0 Å². The molecule has 0 bridgehead atoms. The molecule has 2 aromatic heterocycles. The van der Waals surface area contributed by atoms with Gasteiger partial charge in [-0.2, -0.15) is 5.10 Å². The maximum absolute atomic E-state index is 12.2. The number of aromatic nitrogens is 3. The molecule has 106 valence electrons. The van der Waals surface area contributed by atoms with Gasteiger partial charge in [0.25, 0.3) is 0 Å². The van der Waals surface area contributed by atoms with Crippen molar-refractivity contribution in [1.82, 2.24) is 20.1 Å². The second kappa shape index (κ2) is 6.84. The Morgan fingerprint density at radius 3 is 2.80 bits per heavy atom. The van der Waals surface area contributed by atoms with E-state index in [-0.39, 0.29) is 11.9 Å². The van der Waals surface area contributed by atoms with E-state index in [9.17, 15) is 4.79 Å². The predicted molar refractivity (Wildman–Crippen MR) is 76.9 cm³/mol. The Morgan fingerprint density at radius 2 is 2.15 bits per heavy atom. The highest BCUT2D eigenvalue weighted by molar-refractivity contribution is 5.76. The van der Waals surface area contributed by atoms with Gasteiger partial charge < -0.3 is 4.90 Å². The summed E-state index contributed by atoms with van der Waals surface area (Å²) in [7, 11) is 1.85. The normalized spacial score (nSPS) is 12.1. The lowest BCUT2D eigenvalue weighted by molar-refractivity contribution is -0.131. The maximum Gasteiger partial charge on any atom is 0.222 e. The molecule has 1 atom stereocenters. The van der Waals surface area contributed by atoms with Gasteiger partial charge in [0, 0.05) is 32.1 Å². The molecular formula is C15H20N4O. The summed E-state index contributed by atoms with van der Waals surface area (Å²) in [6.07, 6.45) is 9.44. The average molecular weight is 272 g/mol. The van der Waals surface area contributed by atoms with Crippen LogP contribution in [0, 0.1) is 0 Å². The van der Waals surface area contributed by atoms with Crippen LogP contribution in [0.1, 0.15) is 36.9 Å². The molecule has 0 fully saturated rings. The summed E-state index contributed by atoms with van der Waals surface area (Å²) in [6.45, 7) is 2.03. The van der Waals surface area contributed by atoms with Crippen molar-refractivity contribution in [2.75, 3.05) is 7.05 Å². The van der Waals surface area contributed by atoms with Crippen molar-refractivity contribution >= 4 is 5.91 Å². The van der Waals surface area contributed by atoms with Gasteiger partial charge in [0.1, 0.15) is 0 Å². The molecule has 0 aliphatic heterocycles. The van der Waals surface area contributed by atoms with E-state index < -0.39 is 0 Å². The number of nitrogens with zero attached hydrogens (tertiary/aromatic N) is 3. The number of aryl methyl sites for hydroxylation is 1. The molecule has 2 heterocycles. The van der Waals surface area contributed by atoms with Gasteiger partial charge in [0.2, 0.25) is 5.91 Å². The van der Waals surface area contributed by atoms with Crippen molar-refractivity contribution in [1.29, 1.82) is 0 Å². The molecule has 0 saturated carbocycles. The standard InChI is InChI=1S/C15H20N4O/c1-12(14-6-8-16-9-7-14)19(2)15(20)5-3-4-13-10-17-18-11-13/h6-12H,3-5H2,1-2H3,(H,17,18). The van der Waals surface area contributed by atoms with Crippen LogP contribution in [0.25, 0.3) is 0 Å². The van der Waals surface area contributed by atoms with Gasteiger partial charge >= 0.3 is 0 Å². The van der Waals surface area contributed by atoms with Crippen molar-refractivity contribution in [3.8, 4) is 0 Å². The van der Waals surface area contributed by atoms with E-state index in [1.165, 1.54) is 0 Å². The number of pyridine rings is 1. The number of rotatable bonds is 6. The molecule has 1 amide bonds. The minimum Gasteiger partial charge on any atom is -0.339 e. The number of carbonyl (C=O) groups excluding carboxylic acids is 1. The van der Waals surface area contributed by atoms with Crippen LogP contribution in [0.3, 0.4) is 0 Å². The molecule has 2 aromatic rings. The van der Waals surface area contributed by atoms with Gasteiger partial charge in [0.05, 0.1) is 12.2 Å².